The van der Waals surface area contributed by atoms with E-state index in [2.05, 4.69) is 10.2 Å². The lowest BCUT2D eigenvalue weighted by Gasteiger charge is -2.38. The first-order valence-corrected chi connectivity index (χ1v) is 8.63. The van der Waals surface area contributed by atoms with Crippen LogP contribution in [0.1, 0.15) is 45.4 Å². The fraction of sp³-hybridized carbons (Fsp3) is 0.933. The van der Waals surface area contributed by atoms with Crippen LogP contribution in [-0.2, 0) is 9.53 Å². The molecule has 2 aliphatic heterocycles. The van der Waals surface area contributed by atoms with Crippen LogP contribution in [0, 0.1) is 0 Å². The van der Waals surface area contributed by atoms with Crippen molar-refractivity contribution in [3.63, 3.8) is 0 Å². The number of piperidine rings is 1. The van der Waals surface area contributed by atoms with E-state index in [4.69, 9.17) is 4.74 Å². The standard InChI is InChI=1S/C15H29BN2O4/c1-2-12(16(20)21)14(18-9-4-3-5-10-18)11-22-15(19)13-7-6-8-17-13/h12-14,17,20-21H,2-11H2,1H3. The molecule has 0 aliphatic carbocycles. The van der Waals surface area contributed by atoms with Crippen molar-refractivity contribution in [2.75, 3.05) is 26.2 Å². The van der Waals surface area contributed by atoms with Gasteiger partial charge in [-0.1, -0.05) is 19.8 Å². The Labute approximate surface area is 133 Å². The molecule has 2 aliphatic rings. The van der Waals surface area contributed by atoms with Gasteiger partial charge in [0.25, 0.3) is 0 Å². The minimum Gasteiger partial charge on any atom is -0.463 e. The summed E-state index contributed by atoms with van der Waals surface area (Å²) in [5.74, 6) is -0.496. The van der Waals surface area contributed by atoms with Gasteiger partial charge in [0.15, 0.2) is 0 Å². The number of hydrogen-bond acceptors (Lipinski definition) is 6. The molecule has 2 heterocycles. The van der Waals surface area contributed by atoms with Crippen molar-refractivity contribution in [3.8, 4) is 0 Å². The Hall–Kier alpha value is -0.625. The zero-order valence-corrected chi connectivity index (χ0v) is 13.5. The molecular formula is C15H29BN2O4. The third-order valence-electron chi connectivity index (χ3n) is 4.95. The second kappa shape index (κ2) is 8.86. The molecule has 0 spiro atoms. The smallest absolute Gasteiger partial charge is 0.456 e. The normalized spacial score (nSPS) is 25.7. The van der Waals surface area contributed by atoms with E-state index in [0.717, 1.165) is 45.3 Å². The molecular weight excluding hydrogens is 283 g/mol. The van der Waals surface area contributed by atoms with E-state index in [-0.39, 0.29) is 30.5 Å². The van der Waals surface area contributed by atoms with E-state index < -0.39 is 7.12 Å². The Morgan fingerprint density at radius 3 is 2.59 bits per heavy atom. The third kappa shape index (κ3) is 4.68. The number of rotatable bonds is 7. The van der Waals surface area contributed by atoms with Crippen LogP contribution in [0.4, 0.5) is 0 Å². The number of nitrogens with zero attached hydrogens (tertiary/aromatic N) is 1. The van der Waals surface area contributed by atoms with Gasteiger partial charge in [-0.25, -0.2) is 0 Å². The second-order valence-electron chi connectivity index (χ2n) is 6.43. The molecule has 0 bridgehead atoms. The summed E-state index contributed by atoms with van der Waals surface area (Å²) in [6.45, 7) is 4.93. The molecule has 6 nitrogen and oxygen atoms in total. The summed E-state index contributed by atoms with van der Waals surface area (Å²) in [7, 11) is -1.37. The van der Waals surface area contributed by atoms with Crippen LogP contribution in [0.2, 0.25) is 5.82 Å². The van der Waals surface area contributed by atoms with Crippen molar-refractivity contribution in [2.24, 2.45) is 0 Å². The van der Waals surface area contributed by atoms with Crippen LogP contribution in [0.25, 0.3) is 0 Å². The molecule has 0 aromatic heterocycles. The molecule has 0 aromatic rings. The summed E-state index contributed by atoms with van der Waals surface area (Å²) >= 11 is 0. The first kappa shape index (κ1) is 17.7. The number of hydrogen-bond donors (Lipinski definition) is 3. The van der Waals surface area contributed by atoms with Gasteiger partial charge in [0, 0.05) is 11.9 Å². The largest absolute Gasteiger partial charge is 0.463 e. The number of carbonyl (C=O) groups excluding carboxylic acids is 1. The summed E-state index contributed by atoms with van der Waals surface area (Å²) < 4.78 is 5.51. The highest BCUT2D eigenvalue weighted by Crippen LogP contribution is 2.26. The Morgan fingerprint density at radius 1 is 1.32 bits per heavy atom. The molecule has 3 atom stereocenters. The van der Waals surface area contributed by atoms with Crippen molar-refractivity contribution >= 4 is 13.1 Å². The van der Waals surface area contributed by atoms with Gasteiger partial charge < -0.3 is 20.1 Å². The molecule has 3 unspecified atom stereocenters. The Morgan fingerprint density at radius 2 is 2.05 bits per heavy atom. The van der Waals surface area contributed by atoms with Gasteiger partial charge in [0.2, 0.25) is 0 Å². The molecule has 0 amide bonds. The molecule has 126 valence electrons. The van der Waals surface area contributed by atoms with Gasteiger partial charge in [0.1, 0.15) is 12.6 Å². The maximum atomic E-state index is 12.1. The van der Waals surface area contributed by atoms with E-state index >= 15 is 0 Å². The Balaban J connectivity index is 1.94. The topological polar surface area (TPSA) is 82.0 Å². The molecule has 0 aromatic carbocycles. The fourth-order valence-corrected chi connectivity index (χ4v) is 3.59. The van der Waals surface area contributed by atoms with Gasteiger partial charge in [-0.3, -0.25) is 9.69 Å². The van der Waals surface area contributed by atoms with Crippen LogP contribution in [-0.4, -0.2) is 66.4 Å². The van der Waals surface area contributed by atoms with Crippen molar-refractivity contribution in [1.29, 1.82) is 0 Å². The van der Waals surface area contributed by atoms with Gasteiger partial charge in [-0.15, -0.1) is 0 Å². The lowest BCUT2D eigenvalue weighted by Crippen LogP contribution is -2.49. The minimum atomic E-state index is -1.37. The van der Waals surface area contributed by atoms with Crippen molar-refractivity contribution in [2.45, 2.75) is 63.3 Å². The van der Waals surface area contributed by atoms with Crippen LogP contribution < -0.4 is 5.32 Å². The predicted molar refractivity (Wildman–Crippen MR) is 85.4 cm³/mol. The zero-order chi connectivity index (χ0) is 15.9. The number of ether oxygens (including phenoxy) is 1. The highest BCUT2D eigenvalue weighted by Gasteiger charge is 2.36. The predicted octanol–water partition coefficient (Wildman–Crippen LogP) is 0.389. The van der Waals surface area contributed by atoms with E-state index in [1.54, 1.807) is 0 Å². The van der Waals surface area contributed by atoms with Crippen LogP contribution in [0.5, 0.6) is 0 Å². The third-order valence-corrected chi connectivity index (χ3v) is 4.95. The van der Waals surface area contributed by atoms with Crippen molar-refractivity contribution in [1.82, 2.24) is 10.2 Å². The summed E-state index contributed by atoms with van der Waals surface area (Å²) in [4.78, 5) is 14.3. The SMILES string of the molecule is CCC(B(O)O)C(COC(=O)C1CCCN1)N1CCCCC1. The van der Waals surface area contributed by atoms with Gasteiger partial charge in [0.05, 0.1) is 0 Å². The average Bonchev–Trinajstić information content (AvgIpc) is 3.06. The molecule has 2 rings (SSSR count). The molecule has 0 radical (unpaired) electrons. The highest BCUT2D eigenvalue weighted by atomic mass is 16.5. The van der Waals surface area contributed by atoms with E-state index in [9.17, 15) is 14.8 Å². The molecule has 22 heavy (non-hydrogen) atoms. The van der Waals surface area contributed by atoms with Crippen LogP contribution >= 0.6 is 0 Å². The lowest BCUT2D eigenvalue weighted by atomic mass is 9.66. The summed E-state index contributed by atoms with van der Waals surface area (Å²) in [6, 6.07) is -0.309. The first-order chi connectivity index (χ1) is 10.6. The number of carbonyl (C=O) groups is 1. The lowest BCUT2D eigenvalue weighted by molar-refractivity contribution is -0.147. The van der Waals surface area contributed by atoms with Gasteiger partial charge in [-0.2, -0.15) is 0 Å². The van der Waals surface area contributed by atoms with E-state index in [1.165, 1.54) is 6.42 Å². The van der Waals surface area contributed by atoms with Gasteiger partial charge >= 0.3 is 13.1 Å². The summed E-state index contributed by atoms with van der Waals surface area (Å²) in [5.41, 5.74) is 0. The minimum absolute atomic E-state index is 0.115. The zero-order valence-electron chi connectivity index (χ0n) is 13.5. The second-order valence-corrected chi connectivity index (χ2v) is 6.43. The highest BCUT2D eigenvalue weighted by molar-refractivity contribution is 6.43. The van der Waals surface area contributed by atoms with E-state index in [0.29, 0.717) is 6.42 Å². The first-order valence-electron chi connectivity index (χ1n) is 8.63. The summed E-state index contributed by atoms with van der Waals surface area (Å²) in [5, 5.41) is 22.5. The number of likely N-dealkylation sites (tertiary alicyclic amines) is 1. The van der Waals surface area contributed by atoms with Crippen LogP contribution in [0.15, 0.2) is 0 Å². The van der Waals surface area contributed by atoms with Gasteiger partial charge in [-0.05, 0) is 45.3 Å². The maximum Gasteiger partial charge on any atom is 0.456 e. The molecule has 0 saturated carbocycles. The maximum absolute atomic E-state index is 12.1. The monoisotopic (exact) mass is 312 g/mol. The Kier molecular flexibility index (Phi) is 7.14. The summed E-state index contributed by atoms with van der Waals surface area (Å²) in [6.07, 6.45) is 5.93. The van der Waals surface area contributed by atoms with Crippen molar-refractivity contribution in [3.05, 3.63) is 0 Å². The van der Waals surface area contributed by atoms with E-state index in [1.807, 2.05) is 6.92 Å². The molecule has 7 heteroatoms. The average molecular weight is 312 g/mol. The molecule has 3 N–H and O–H groups in total. The number of esters is 1. The van der Waals surface area contributed by atoms with Crippen molar-refractivity contribution < 1.29 is 19.6 Å². The fourth-order valence-electron chi connectivity index (χ4n) is 3.59. The molecule has 2 fully saturated rings. The Bertz CT molecular complexity index is 344. The number of nitrogens with one attached hydrogen (secondary N) is 1. The van der Waals surface area contributed by atoms with Crippen LogP contribution in [0.3, 0.4) is 0 Å². The quantitative estimate of drug-likeness (QED) is 0.466. The molecule has 2 saturated heterocycles.